The van der Waals surface area contributed by atoms with Gasteiger partial charge < -0.3 is 42.6 Å². The molecule has 0 bridgehead atoms. The number of nitriles is 3. The van der Waals surface area contributed by atoms with E-state index in [2.05, 4.69) is 72.9 Å². The molecule has 0 saturated carbocycles. The van der Waals surface area contributed by atoms with Crippen LogP contribution >= 0.6 is 0 Å². The Morgan fingerprint density at radius 1 is 0.291 bits per heavy atom. The Bertz CT molecular complexity index is 5770. The summed E-state index contributed by atoms with van der Waals surface area (Å²) in [5, 5.41) is 27.0. The fourth-order valence-electron chi connectivity index (χ4n) is 17.5. The summed E-state index contributed by atoms with van der Waals surface area (Å²) in [6, 6.07) is 30.1. The van der Waals surface area contributed by atoms with Crippen molar-refractivity contribution in [3.05, 3.63) is 269 Å². The molecule has 9 aromatic rings. The molecule has 9 aliphatic rings. The molecule has 0 spiro atoms. The smallest absolute Gasteiger partial charge is 0.228 e. The molecule has 0 fully saturated rings. The lowest BCUT2D eigenvalue weighted by Gasteiger charge is -2.26. The predicted molar refractivity (Wildman–Crippen MR) is 509 cm³/mol. The number of nitrogens with zero attached hydrogens (tertiary/aromatic N) is 5. The minimum absolute atomic E-state index is 0. The molecule has 9 aromatic carbocycles. The highest BCUT2D eigenvalue weighted by atomic mass is 19.2. The third-order valence-corrected chi connectivity index (χ3v) is 25.4. The zero-order valence-corrected chi connectivity index (χ0v) is 81.3. The molecule has 0 aliphatic carbocycles. The van der Waals surface area contributed by atoms with E-state index in [4.69, 9.17) is 71.6 Å². The number of ether oxygens (including phenoxy) is 9. The second-order valence-electron chi connectivity index (χ2n) is 36.4. The summed E-state index contributed by atoms with van der Waals surface area (Å²) >= 11 is 0. The molecule has 24 heteroatoms. The zero-order valence-electron chi connectivity index (χ0n) is 81.3. The van der Waals surface area contributed by atoms with Gasteiger partial charge in [0.25, 0.3) is 0 Å². The maximum atomic E-state index is 13.9. The number of halogens is 10. The topological polar surface area (TPSA) is 163 Å². The third kappa shape index (κ3) is 26.5. The van der Waals surface area contributed by atoms with E-state index >= 15 is 0 Å². The number of alkyl halides is 3. The molecule has 0 amide bonds. The minimum Gasteiger partial charge on any atom is -0.490 e. The van der Waals surface area contributed by atoms with Crippen LogP contribution in [0.4, 0.5) is 56.2 Å². The van der Waals surface area contributed by atoms with Gasteiger partial charge in [0, 0.05) is 11.1 Å². The molecule has 18 rings (SSSR count). The summed E-state index contributed by atoms with van der Waals surface area (Å²) in [6.45, 7) is 53.4. The van der Waals surface area contributed by atoms with Crippen LogP contribution in [0.1, 0.15) is 270 Å². The SMILES string of the molecule is Cc1cc(C#N)c2c(c1)CCC(C)O2.Cc1cc(CF)c2c(c1)CCC(C)O2.Cc1cc2c(c(C#N)c1F)OC(C)CC2.Cc1cc2c(c(CF)c1C)OC(C)CC2.Cc1cc2c(c(CF)c1F)OC(C)CC2.Cc1cc2c(c(F)c1C)OC(C)CC2.Cc1cc2c(cc1C)OC(C)CC2.F.F.F.[C-]#[N+]c1c(C)cc2c(c1C#N)OC(C)CC2.[C-]#[N+]c1c(C)cc2c(c1F)OC(C)CC2. The van der Waals surface area contributed by atoms with Gasteiger partial charge in [-0.3, -0.25) is 14.1 Å². The quantitative estimate of drug-likeness (QED) is 0.122. The normalized spacial score (nSPS) is 19.0. The number of benzene rings is 9. The summed E-state index contributed by atoms with van der Waals surface area (Å²) in [7, 11) is 0. The van der Waals surface area contributed by atoms with Crippen molar-refractivity contribution in [2.45, 2.75) is 336 Å². The van der Waals surface area contributed by atoms with E-state index < -0.39 is 37.5 Å². The van der Waals surface area contributed by atoms with Crippen LogP contribution in [-0.2, 0) is 77.8 Å². The van der Waals surface area contributed by atoms with Crippen LogP contribution in [0, 0.1) is 153 Å². The molecule has 14 nitrogen and oxygen atoms in total. The van der Waals surface area contributed by atoms with Crippen molar-refractivity contribution in [2.75, 3.05) is 0 Å². The fourth-order valence-corrected chi connectivity index (χ4v) is 17.5. The summed E-state index contributed by atoms with van der Waals surface area (Å²) < 4.78 is 144. The van der Waals surface area contributed by atoms with Crippen LogP contribution in [0.2, 0.25) is 0 Å². The van der Waals surface area contributed by atoms with Gasteiger partial charge in [-0.2, -0.15) is 15.8 Å². The van der Waals surface area contributed by atoms with Crippen molar-refractivity contribution in [1.82, 2.24) is 0 Å². The van der Waals surface area contributed by atoms with E-state index in [1.165, 1.54) is 33.4 Å². The maximum Gasteiger partial charge on any atom is 0.228 e. The highest BCUT2D eigenvalue weighted by Gasteiger charge is 2.31. The molecule has 0 N–H and O–H groups in total. The van der Waals surface area contributed by atoms with Crippen LogP contribution in [0.25, 0.3) is 9.69 Å². The highest BCUT2D eigenvalue weighted by molar-refractivity contribution is 5.71. The fraction of sp³-hybridized carbons (Fsp3) is 0.464. The average Bonchev–Trinajstić information content (AvgIpc) is 0.788. The second kappa shape index (κ2) is 49.2. The Labute approximate surface area is 785 Å². The van der Waals surface area contributed by atoms with Crippen molar-refractivity contribution < 1.29 is 87.5 Å². The first-order chi connectivity index (χ1) is 62.4. The van der Waals surface area contributed by atoms with E-state index in [1.807, 2.05) is 133 Å². The minimum atomic E-state index is -0.803. The van der Waals surface area contributed by atoms with Gasteiger partial charge in [-0.15, -0.1) is 0 Å². The lowest BCUT2D eigenvalue weighted by atomic mass is 9.93. The monoisotopic (exact) mass is 1850 g/mol. The Hall–Kier alpha value is -12.1. The Kier molecular flexibility index (Phi) is 40.0. The number of aryl methyl sites for hydroxylation is 19. The first-order valence-corrected chi connectivity index (χ1v) is 45.9. The molecule has 9 aliphatic heterocycles. The van der Waals surface area contributed by atoms with Crippen LogP contribution in [-0.4, -0.2) is 54.9 Å². The molecular formula is C110H129F10N5O9. The Morgan fingerprint density at radius 3 is 1.04 bits per heavy atom. The standard InChI is InChI=1S/C13H17FO.C13H12N2O.C12H14F2O.2C12H12FNO.2C12H15FO.C12H13NO.C12H16O.3FH/c1-8-6-11-5-4-9(2)15-13(11)12(7-14)10(8)3;1-8-6-10-5-4-9(2)16-13(10)11(7-14)12(8)15-3;1-7-5-9-4-3-8(2)15-12(9)10(6-13)11(7)14;1-7-6-9-5-4-8(2)15-12(9)10(13)11(7)14-3;1-7-5-9-4-3-8(2)15-12(9)10(6-14)11(7)13;1-7-6-10-5-4-8(2)14-12(10)11(13)9(7)3;2*1-8-5-10-4-3-9(2)14-12(10)11(6-8)7-13;1-8-6-11-5-4-10(3)13-12(11)7-9(8)2;;;/h6,9H,4-5,7H2,1-3H3;6,9H,4-5H2,1-2H3;5,8H,3-4,6H2,1-2H3;6,8H,4-5H2,1-2H3;5,8H,3-4H2,1-2H3;6,8H,4-5H2,1-3H3;5-6,9H,3-4,7H2,1-2H3;5-6,9H,3-4H2,1-2H3;6-7,10H,4-5H2,1-3H3;3*1H. The molecule has 0 aromatic heterocycles. The molecule has 9 heterocycles. The van der Waals surface area contributed by atoms with Gasteiger partial charge in [0.15, 0.2) is 17.4 Å². The summed E-state index contributed by atoms with van der Waals surface area (Å²) in [6.07, 6.45) is 18.9. The third-order valence-electron chi connectivity index (χ3n) is 25.4. The summed E-state index contributed by atoms with van der Waals surface area (Å²) in [5.41, 5.74) is 24.3. The molecule has 0 saturated heterocycles. The lowest BCUT2D eigenvalue weighted by Crippen LogP contribution is -2.20. The maximum absolute atomic E-state index is 13.9. The number of hydrogen-bond acceptors (Lipinski definition) is 12. The molecular weight excluding hydrogens is 1730 g/mol. The van der Waals surface area contributed by atoms with E-state index in [9.17, 15) is 30.7 Å². The molecule has 134 heavy (non-hydrogen) atoms. The van der Waals surface area contributed by atoms with Gasteiger partial charge >= 0.3 is 0 Å². The number of hydrogen-bond donors (Lipinski definition) is 0. The molecule has 9 atom stereocenters. The summed E-state index contributed by atoms with van der Waals surface area (Å²) in [5.74, 6) is 4.16. The largest absolute Gasteiger partial charge is 0.490 e. The predicted octanol–water partition coefficient (Wildman–Crippen LogP) is 28.4. The van der Waals surface area contributed by atoms with Gasteiger partial charge in [0.05, 0.1) is 85.3 Å². The summed E-state index contributed by atoms with van der Waals surface area (Å²) in [4.78, 5) is 6.62. The van der Waals surface area contributed by atoms with Crippen LogP contribution in [0.15, 0.2) is 72.8 Å². The van der Waals surface area contributed by atoms with E-state index in [1.54, 1.807) is 39.8 Å². The van der Waals surface area contributed by atoms with Gasteiger partial charge in [-0.05, 0) is 403 Å². The molecule has 0 radical (unpaired) electrons. The van der Waals surface area contributed by atoms with Crippen molar-refractivity contribution in [1.29, 1.82) is 15.8 Å². The van der Waals surface area contributed by atoms with E-state index in [0.717, 1.165) is 205 Å². The first-order valence-electron chi connectivity index (χ1n) is 45.9. The zero-order chi connectivity index (χ0) is 95.7. The number of rotatable bonds is 3. The Morgan fingerprint density at radius 2 is 0.604 bits per heavy atom. The number of fused-ring (bicyclic) bond motifs is 9. The average molecular weight is 1860 g/mol. The van der Waals surface area contributed by atoms with Gasteiger partial charge in [-0.1, -0.05) is 48.0 Å². The van der Waals surface area contributed by atoms with E-state index in [-0.39, 0.29) is 91.3 Å². The van der Waals surface area contributed by atoms with E-state index in [0.29, 0.717) is 73.7 Å². The van der Waals surface area contributed by atoms with Crippen LogP contribution < -0.4 is 42.6 Å². The van der Waals surface area contributed by atoms with Crippen molar-refractivity contribution in [2.24, 2.45) is 0 Å². The van der Waals surface area contributed by atoms with Crippen molar-refractivity contribution in [3.8, 4) is 70.0 Å². The lowest BCUT2D eigenvalue weighted by molar-refractivity contribution is 0.182. The van der Waals surface area contributed by atoms with Crippen LogP contribution in [0.5, 0.6) is 51.7 Å². The second-order valence-corrected chi connectivity index (χ2v) is 36.4. The van der Waals surface area contributed by atoms with Crippen molar-refractivity contribution in [3.63, 3.8) is 0 Å². The van der Waals surface area contributed by atoms with Crippen molar-refractivity contribution >= 4 is 11.4 Å². The highest BCUT2D eigenvalue weighted by Crippen LogP contribution is 2.45. The molecule has 718 valence electrons. The van der Waals surface area contributed by atoms with Crippen LogP contribution in [0.3, 0.4) is 0 Å². The van der Waals surface area contributed by atoms with Gasteiger partial charge in [0.1, 0.15) is 101 Å². The first kappa shape index (κ1) is 109. The van der Waals surface area contributed by atoms with Gasteiger partial charge in [0.2, 0.25) is 11.4 Å². The molecule has 9 unspecified atom stereocenters. The Balaban J connectivity index is 0.000000205. The van der Waals surface area contributed by atoms with Gasteiger partial charge in [-0.25, -0.2) is 40.4 Å².